The number of furan rings is 1. The number of fused-ring (bicyclic) bond motifs is 11. The SMILES string of the molecule is Cc1ccc2c(c1)c1cc(-c3ccc4c(c3)n3c5ccccc5cc3n4-c3ccccc3)ccc1n2-c1ccc2oc3ccccc3c2c1. The molecule has 0 amide bonds. The van der Waals surface area contributed by atoms with Crippen molar-refractivity contribution in [1.82, 2.24) is 13.5 Å². The Kier molecular flexibility index (Phi) is 5.28. The molecule has 230 valence electrons. The van der Waals surface area contributed by atoms with Gasteiger partial charge in [0.15, 0.2) is 0 Å². The van der Waals surface area contributed by atoms with Gasteiger partial charge in [-0.25, -0.2) is 0 Å². The molecule has 0 saturated heterocycles. The zero-order valence-corrected chi connectivity index (χ0v) is 26.8. The van der Waals surface area contributed by atoms with Crippen molar-refractivity contribution in [2.45, 2.75) is 6.92 Å². The molecule has 7 aromatic carbocycles. The Morgan fingerprint density at radius 2 is 1.12 bits per heavy atom. The van der Waals surface area contributed by atoms with Crippen LogP contribution in [0.5, 0.6) is 0 Å². The van der Waals surface area contributed by atoms with Crippen LogP contribution in [0.25, 0.3) is 93.8 Å². The van der Waals surface area contributed by atoms with Crippen molar-refractivity contribution in [2.24, 2.45) is 0 Å². The van der Waals surface area contributed by atoms with Gasteiger partial charge in [-0.15, -0.1) is 0 Å². The maximum absolute atomic E-state index is 6.17. The summed E-state index contributed by atoms with van der Waals surface area (Å²) in [6.45, 7) is 2.17. The third kappa shape index (κ3) is 3.74. The molecule has 4 heterocycles. The molecule has 0 radical (unpaired) electrons. The average molecular weight is 628 g/mol. The summed E-state index contributed by atoms with van der Waals surface area (Å²) in [6, 6.07) is 57.1. The highest BCUT2D eigenvalue weighted by molar-refractivity contribution is 6.12. The van der Waals surface area contributed by atoms with E-state index < -0.39 is 0 Å². The first-order valence-corrected chi connectivity index (χ1v) is 16.8. The molecule has 0 bridgehead atoms. The smallest absolute Gasteiger partial charge is 0.135 e. The lowest BCUT2D eigenvalue weighted by atomic mass is 10.0. The van der Waals surface area contributed by atoms with Crippen LogP contribution in [0.4, 0.5) is 0 Å². The van der Waals surface area contributed by atoms with Gasteiger partial charge in [-0.05, 0) is 103 Å². The summed E-state index contributed by atoms with van der Waals surface area (Å²) in [4.78, 5) is 0. The van der Waals surface area contributed by atoms with Crippen LogP contribution in [0.2, 0.25) is 0 Å². The van der Waals surface area contributed by atoms with Crippen molar-refractivity contribution < 1.29 is 4.42 Å². The lowest BCUT2D eigenvalue weighted by Gasteiger charge is -2.09. The molecule has 0 aliphatic carbocycles. The first-order valence-electron chi connectivity index (χ1n) is 16.8. The van der Waals surface area contributed by atoms with Crippen molar-refractivity contribution in [3.05, 3.63) is 163 Å². The van der Waals surface area contributed by atoms with Crippen LogP contribution in [0.15, 0.2) is 162 Å². The second kappa shape index (κ2) is 9.75. The molecule has 4 aromatic heterocycles. The van der Waals surface area contributed by atoms with E-state index >= 15 is 0 Å². The predicted molar refractivity (Wildman–Crippen MR) is 204 cm³/mol. The molecule has 49 heavy (non-hydrogen) atoms. The first kappa shape index (κ1) is 26.5. The minimum atomic E-state index is 0.907. The highest BCUT2D eigenvalue weighted by Gasteiger charge is 2.18. The third-order valence-electron chi connectivity index (χ3n) is 10.3. The van der Waals surface area contributed by atoms with Crippen LogP contribution < -0.4 is 0 Å². The Bertz CT molecular complexity index is 3110. The molecule has 0 unspecified atom stereocenters. The predicted octanol–water partition coefficient (Wildman–Crippen LogP) is 12.0. The van der Waals surface area contributed by atoms with Crippen molar-refractivity contribution in [3.8, 4) is 22.5 Å². The molecular weight excluding hydrogens is 599 g/mol. The highest BCUT2D eigenvalue weighted by Crippen LogP contribution is 2.39. The van der Waals surface area contributed by atoms with E-state index in [1.165, 1.54) is 60.4 Å². The standard InChI is InChI=1S/C45H29N3O/c1-28-15-19-39-35(23-28)36-24-29(16-20-40(36)46(39)33-18-22-44-37(27-33)34-12-6-8-14-43(34)49-44)30-17-21-41-42(25-30)48-38-13-7-5-9-31(38)26-45(48)47(41)32-10-3-2-4-11-32/h2-27H,1H3. The van der Waals surface area contributed by atoms with Crippen molar-refractivity contribution >= 4 is 71.3 Å². The molecule has 0 spiro atoms. The maximum atomic E-state index is 6.17. The summed E-state index contributed by atoms with van der Waals surface area (Å²) in [5.74, 6) is 0. The van der Waals surface area contributed by atoms with E-state index in [1.54, 1.807) is 0 Å². The third-order valence-corrected chi connectivity index (χ3v) is 10.3. The number of hydrogen-bond donors (Lipinski definition) is 0. The van der Waals surface area contributed by atoms with Gasteiger partial charge in [-0.2, -0.15) is 0 Å². The van der Waals surface area contributed by atoms with Gasteiger partial charge >= 0.3 is 0 Å². The number of nitrogens with zero attached hydrogens (tertiary/aromatic N) is 3. The van der Waals surface area contributed by atoms with Crippen LogP contribution in [0, 0.1) is 6.92 Å². The molecule has 4 heteroatoms. The molecule has 0 N–H and O–H groups in total. The van der Waals surface area contributed by atoms with E-state index in [0.717, 1.165) is 39.0 Å². The van der Waals surface area contributed by atoms with Gasteiger partial charge in [0.1, 0.15) is 16.8 Å². The number of hydrogen-bond acceptors (Lipinski definition) is 1. The van der Waals surface area contributed by atoms with Gasteiger partial charge < -0.3 is 8.98 Å². The summed E-state index contributed by atoms with van der Waals surface area (Å²) in [7, 11) is 0. The summed E-state index contributed by atoms with van der Waals surface area (Å²) >= 11 is 0. The van der Waals surface area contributed by atoms with Crippen LogP contribution >= 0.6 is 0 Å². The fourth-order valence-electron chi connectivity index (χ4n) is 8.05. The normalized spacial score (nSPS) is 12.2. The van der Waals surface area contributed by atoms with Crippen molar-refractivity contribution in [2.75, 3.05) is 0 Å². The Morgan fingerprint density at radius 1 is 0.408 bits per heavy atom. The quantitative estimate of drug-likeness (QED) is 0.191. The molecule has 11 rings (SSSR count). The van der Waals surface area contributed by atoms with Gasteiger partial charge in [-0.1, -0.05) is 78.4 Å². The fraction of sp³-hybridized carbons (Fsp3) is 0.0222. The van der Waals surface area contributed by atoms with Gasteiger partial charge in [0.05, 0.1) is 27.6 Å². The van der Waals surface area contributed by atoms with E-state index in [2.05, 4.69) is 166 Å². The van der Waals surface area contributed by atoms with Crippen LogP contribution in [-0.2, 0) is 0 Å². The number of rotatable bonds is 3. The zero-order chi connectivity index (χ0) is 32.2. The Labute approximate surface area is 281 Å². The number of aromatic nitrogens is 3. The lowest BCUT2D eigenvalue weighted by Crippen LogP contribution is -1.93. The monoisotopic (exact) mass is 627 g/mol. The molecule has 0 aliphatic rings. The van der Waals surface area contributed by atoms with Crippen molar-refractivity contribution in [1.29, 1.82) is 0 Å². The largest absolute Gasteiger partial charge is 0.456 e. The minimum Gasteiger partial charge on any atom is -0.456 e. The summed E-state index contributed by atoms with van der Waals surface area (Å²) < 4.78 is 13.3. The maximum Gasteiger partial charge on any atom is 0.135 e. The van der Waals surface area contributed by atoms with Crippen molar-refractivity contribution in [3.63, 3.8) is 0 Å². The average Bonchev–Trinajstić information content (AvgIpc) is 3.88. The Morgan fingerprint density at radius 3 is 2.02 bits per heavy atom. The first-order chi connectivity index (χ1) is 24.2. The minimum absolute atomic E-state index is 0.907. The Balaban J connectivity index is 1.14. The summed E-state index contributed by atoms with van der Waals surface area (Å²) in [6.07, 6.45) is 0. The topological polar surface area (TPSA) is 27.4 Å². The molecule has 0 atom stereocenters. The van der Waals surface area contributed by atoms with Gasteiger partial charge in [0.2, 0.25) is 0 Å². The Hall–Kier alpha value is -6.52. The zero-order valence-electron chi connectivity index (χ0n) is 26.8. The van der Waals surface area contributed by atoms with E-state index in [4.69, 9.17) is 4.42 Å². The lowest BCUT2D eigenvalue weighted by molar-refractivity contribution is 0.669. The fourth-order valence-corrected chi connectivity index (χ4v) is 8.05. The second-order valence-corrected chi connectivity index (χ2v) is 13.1. The second-order valence-electron chi connectivity index (χ2n) is 13.1. The number of aryl methyl sites for hydroxylation is 1. The van der Waals surface area contributed by atoms with Gasteiger partial charge in [-0.3, -0.25) is 8.97 Å². The van der Waals surface area contributed by atoms with Crippen LogP contribution in [0.3, 0.4) is 0 Å². The molecule has 0 fully saturated rings. The highest BCUT2D eigenvalue weighted by atomic mass is 16.3. The van der Waals surface area contributed by atoms with E-state index in [1.807, 2.05) is 12.1 Å². The van der Waals surface area contributed by atoms with Crippen LogP contribution in [0.1, 0.15) is 5.56 Å². The number of imidazole rings is 1. The van der Waals surface area contributed by atoms with E-state index in [9.17, 15) is 0 Å². The molecule has 4 nitrogen and oxygen atoms in total. The molecule has 0 aliphatic heterocycles. The number of para-hydroxylation sites is 3. The molecule has 0 saturated carbocycles. The summed E-state index contributed by atoms with van der Waals surface area (Å²) in [5, 5.41) is 6.00. The van der Waals surface area contributed by atoms with Gasteiger partial charge in [0.25, 0.3) is 0 Å². The summed E-state index contributed by atoms with van der Waals surface area (Å²) in [5.41, 5.74) is 14.9. The molecule has 11 aromatic rings. The van der Waals surface area contributed by atoms with E-state index in [0.29, 0.717) is 0 Å². The molecular formula is C45H29N3O. The van der Waals surface area contributed by atoms with Gasteiger partial charge in [0, 0.05) is 38.3 Å². The van der Waals surface area contributed by atoms with E-state index in [-0.39, 0.29) is 0 Å². The van der Waals surface area contributed by atoms with Crippen LogP contribution in [-0.4, -0.2) is 13.5 Å². The number of benzene rings is 7.